The van der Waals surface area contributed by atoms with Gasteiger partial charge in [0.25, 0.3) is 5.91 Å². The molecule has 2 N–H and O–H groups in total. The molecule has 0 aliphatic carbocycles. The summed E-state index contributed by atoms with van der Waals surface area (Å²) < 4.78 is 25.0. The molecule has 0 unspecified atom stereocenters. The van der Waals surface area contributed by atoms with Crippen LogP contribution in [0.5, 0.6) is 0 Å². The van der Waals surface area contributed by atoms with Gasteiger partial charge in [0.15, 0.2) is 0 Å². The van der Waals surface area contributed by atoms with Crippen LogP contribution in [0.15, 0.2) is 34.3 Å². The van der Waals surface area contributed by atoms with Gasteiger partial charge in [-0.3, -0.25) is 9.59 Å². The second-order valence-corrected chi connectivity index (χ2v) is 7.01. The lowest BCUT2D eigenvalue weighted by Crippen LogP contribution is -2.32. The Morgan fingerprint density at radius 3 is 2.36 bits per heavy atom. The van der Waals surface area contributed by atoms with Crippen molar-refractivity contribution in [1.29, 1.82) is 0 Å². The van der Waals surface area contributed by atoms with Crippen LogP contribution in [-0.2, 0) is 19.6 Å². The first-order chi connectivity index (χ1) is 10.3. The van der Waals surface area contributed by atoms with Crippen molar-refractivity contribution in [3.8, 4) is 0 Å². The van der Waals surface area contributed by atoms with Crippen molar-refractivity contribution >= 4 is 33.2 Å². The summed E-state index contributed by atoms with van der Waals surface area (Å²) in [7, 11) is -0.609. The van der Waals surface area contributed by atoms with Gasteiger partial charge in [-0.2, -0.15) is 5.10 Å². The fourth-order valence-corrected chi connectivity index (χ4v) is 2.66. The zero-order valence-electron chi connectivity index (χ0n) is 12.2. The SMILES string of the molecule is CN(C)S(=O)(=O)c1ccc(NC(=O)C2=NNC(=O)CC2)cc1. The van der Waals surface area contributed by atoms with E-state index in [1.54, 1.807) is 0 Å². The zero-order chi connectivity index (χ0) is 16.3. The summed E-state index contributed by atoms with van der Waals surface area (Å²) in [6.07, 6.45) is 0.483. The van der Waals surface area contributed by atoms with Gasteiger partial charge >= 0.3 is 0 Å². The number of sulfonamides is 1. The van der Waals surface area contributed by atoms with Gasteiger partial charge in [-0.1, -0.05) is 0 Å². The van der Waals surface area contributed by atoms with Crippen LogP contribution in [0.1, 0.15) is 12.8 Å². The Balaban J connectivity index is 2.09. The van der Waals surface area contributed by atoms with E-state index in [2.05, 4.69) is 15.8 Å². The van der Waals surface area contributed by atoms with Gasteiger partial charge in [-0.15, -0.1) is 0 Å². The third-order valence-corrected chi connectivity index (χ3v) is 4.89. The summed E-state index contributed by atoms with van der Waals surface area (Å²) in [5.74, 6) is -0.655. The van der Waals surface area contributed by atoms with Gasteiger partial charge in [-0.05, 0) is 24.3 Å². The van der Waals surface area contributed by atoms with Gasteiger partial charge in [0, 0.05) is 32.6 Å². The molecule has 118 valence electrons. The average Bonchev–Trinajstić information content (AvgIpc) is 2.48. The Labute approximate surface area is 128 Å². The Kier molecular flexibility index (Phi) is 4.57. The highest BCUT2D eigenvalue weighted by atomic mass is 32.2. The molecule has 22 heavy (non-hydrogen) atoms. The van der Waals surface area contributed by atoms with E-state index in [1.807, 2.05) is 0 Å². The average molecular weight is 324 g/mol. The molecule has 0 aromatic heterocycles. The fourth-order valence-electron chi connectivity index (χ4n) is 1.76. The van der Waals surface area contributed by atoms with Crippen LogP contribution in [0.3, 0.4) is 0 Å². The van der Waals surface area contributed by atoms with E-state index in [4.69, 9.17) is 0 Å². The first-order valence-electron chi connectivity index (χ1n) is 6.50. The maximum absolute atomic E-state index is 11.9. The summed E-state index contributed by atoms with van der Waals surface area (Å²) in [4.78, 5) is 23.0. The van der Waals surface area contributed by atoms with Crippen molar-refractivity contribution in [1.82, 2.24) is 9.73 Å². The molecule has 0 spiro atoms. The van der Waals surface area contributed by atoms with Gasteiger partial charge < -0.3 is 5.32 Å². The van der Waals surface area contributed by atoms with Crippen LogP contribution >= 0.6 is 0 Å². The number of carbonyl (C=O) groups is 2. The maximum atomic E-state index is 11.9. The van der Waals surface area contributed by atoms with E-state index in [1.165, 1.54) is 38.4 Å². The van der Waals surface area contributed by atoms with Gasteiger partial charge in [-0.25, -0.2) is 18.1 Å². The normalized spacial score (nSPS) is 15.2. The molecule has 0 bridgehead atoms. The van der Waals surface area contributed by atoms with Crippen molar-refractivity contribution < 1.29 is 18.0 Å². The first kappa shape index (κ1) is 16.1. The van der Waals surface area contributed by atoms with Crippen molar-refractivity contribution in [2.45, 2.75) is 17.7 Å². The molecule has 1 aliphatic heterocycles. The van der Waals surface area contributed by atoms with Crippen LogP contribution in [0, 0.1) is 0 Å². The van der Waals surface area contributed by atoms with E-state index in [-0.39, 0.29) is 29.4 Å². The Morgan fingerprint density at radius 2 is 1.86 bits per heavy atom. The minimum atomic E-state index is -3.50. The molecule has 0 atom stereocenters. The van der Waals surface area contributed by atoms with Crippen LogP contribution < -0.4 is 10.7 Å². The number of rotatable bonds is 4. The highest BCUT2D eigenvalue weighted by Crippen LogP contribution is 2.16. The number of anilines is 1. The van der Waals surface area contributed by atoms with E-state index in [0.717, 1.165) is 4.31 Å². The minimum absolute atomic E-state index is 0.137. The molecule has 0 radical (unpaired) electrons. The largest absolute Gasteiger partial charge is 0.321 e. The number of hydrazone groups is 1. The van der Waals surface area contributed by atoms with E-state index >= 15 is 0 Å². The predicted molar refractivity (Wildman–Crippen MR) is 80.8 cm³/mol. The fraction of sp³-hybridized carbons (Fsp3) is 0.308. The molecule has 1 heterocycles. The van der Waals surface area contributed by atoms with Crippen molar-refractivity contribution in [2.24, 2.45) is 5.10 Å². The third-order valence-electron chi connectivity index (χ3n) is 3.06. The van der Waals surface area contributed by atoms with E-state index in [9.17, 15) is 18.0 Å². The first-order valence-corrected chi connectivity index (χ1v) is 7.94. The Bertz CT molecular complexity index is 723. The molecule has 9 heteroatoms. The Morgan fingerprint density at radius 1 is 1.23 bits per heavy atom. The standard InChI is InChI=1S/C13H16N4O4S/c1-17(2)22(20,21)10-5-3-9(4-6-10)14-13(19)11-7-8-12(18)16-15-11/h3-6H,7-8H2,1-2H3,(H,14,19)(H,16,18). The van der Waals surface area contributed by atoms with Crippen LogP contribution in [-0.4, -0.2) is 44.3 Å². The quantitative estimate of drug-likeness (QED) is 0.821. The lowest BCUT2D eigenvalue weighted by Gasteiger charge is -2.13. The zero-order valence-corrected chi connectivity index (χ0v) is 13.0. The highest BCUT2D eigenvalue weighted by molar-refractivity contribution is 7.89. The number of carbonyl (C=O) groups excluding carboxylic acids is 2. The van der Waals surface area contributed by atoms with E-state index < -0.39 is 15.9 Å². The number of nitrogens with zero attached hydrogens (tertiary/aromatic N) is 2. The molecular weight excluding hydrogens is 308 g/mol. The molecule has 2 amide bonds. The maximum Gasteiger partial charge on any atom is 0.271 e. The lowest BCUT2D eigenvalue weighted by atomic mass is 10.1. The smallest absolute Gasteiger partial charge is 0.271 e. The van der Waals surface area contributed by atoms with Crippen molar-refractivity contribution in [3.05, 3.63) is 24.3 Å². The summed E-state index contributed by atoms with van der Waals surface area (Å²) in [6, 6.07) is 5.82. The topological polar surface area (TPSA) is 108 Å². The monoisotopic (exact) mass is 324 g/mol. The van der Waals surface area contributed by atoms with E-state index in [0.29, 0.717) is 5.69 Å². The van der Waals surface area contributed by atoms with Gasteiger partial charge in [0.1, 0.15) is 5.71 Å². The summed E-state index contributed by atoms with van der Waals surface area (Å²) >= 11 is 0. The number of amides is 2. The number of nitrogens with one attached hydrogen (secondary N) is 2. The molecule has 1 aromatic rings. The number of hydrogen-bond donors (Lipinski definition) is 2. The molecule has 8 nitrogen and oxygen atoms in total. The number of hydrogen-bond acceptors (Lipinski definition) is 5. The summed E-state index contributed by atoms with van der Waals surface area (Å²) in [5.41, 5.74) is 2.92. The molecule has 1 aromatic carbocycles. The van der Waals surface area contributed by atoms with Crippen molar-refractivity contribution in [2.75, 3.05) is 19.4 Å². The second-order valence-electron chi connectivity index (χ2n) is 4.86. The minimum Gasteiger partial charge on any atom is -0.321 e. The molecule has 1 aliphatic rings. The lowest BCUT2D eigenvalue weighted by molar-refractivity contribution is -0.121. The van der Waals surface area contributed by atoms with Crippen LogP contribution in [0.2, 0.25) is 0 Å². The second kappa shape index (κ2) is 6.24. The van der Waals surface area contributed by atoms with Crippen LogP contribution in [0.4, 0.5) is 5.69 Å². The number of benzene rings is 1. The Hall–Kier alpha value is -2.26. The molecular formula is C13H16N4O4S. The summed E-state index contributed by atoms with van der Waals surface area (Å²) in [6.45, 7) is 0. The van der Waals surface area contributed by atoms with Gasteiger partial charge in [0.2, 0.25) is 15.9 Å². The molecule has 0 saturated carbocycles. The summed E-state index contributed by atoms with van der Waals surface area (Å²) in [5, 5.41) is 6.29. The molecule has 0 saturated heterocycles. The van der Waals surface area contributed by atoms with Crippen LogP contribution in [0.25, 0.3) is 0 Å². The molecule has 2 rings (SSSR count). The molecule has 0 fully saturated rings. The van der Waals surface area contributed by atoms with Gasteiger partial charge in [0.05, 0.1) is 4.90 Å². The third kappa shape index (κ3) is 3.49. The van der Waals surface area contributed by atoms with Crippen molar-refractivity contribution in [3.63, 3.8) is 0 Å². The highest BCUT2D eigenvalue weighted by Gasteiger charge is 2.19. The predicted octanol–water partition coefficient (Wildman–Crippen LogP) is 0.141.